The van der Waals surface area contributed by atoms with E-state index in [4.69, 9.17) is 14.2 Å². The van der Waals surface area contributed by atoms with Gasteiger partial charge in [0.05, 0.1) is 47.8 Å². The number of Topliss-reactive ketones (excluding diaryl/α,β-unsaturated/α-hetero) is 1. The molecular weight excluding hydrogens is 761 g/mol. The Hall–Kier alpha value is -4.20. The molecule has 0 bridgehead atoms. The van der Waals surface area contributed by atoms with Gasteiger partial charge in [0.1, 0.15) is 18.8 Å². The number of ether oxygens (including phenoxy) is 3. The number of likely N-dealkylation sites (N-methyl/N-ethyl adjacent to an activating group) is 1. The smallest absolute Gasteiger partial charge is 0.306 e. The lowest BCUT2D eigenvalue weighted by atomic mass is 9.82. The minimum absolute atomic E-state index is 0.0792. The van der Waals surface area contributed by atoms with Gasteiger partial charge in [0.25, 0.3) is 0 Å². The lowest BCUT2D eigenvalue weighted by molar-refractivity contribution is -0.155. The van der Waals surface area contributed by atoms with E-state index < -0.39 is 44.7 Å². The highest BCUT2D eigenvalue weighted by molar-refractivity contribution is 7.90. The molecule has 4 heterocycles. The summed E-state index contributed by atoms with van der Waals surface area (Å²) in [5.74, 6) is -0.275. The Morgan fingerprint density at radius 3 is 2.57 bits per heavy atom. The number of rotatable bonds is 8. The van der Waals surface area contributed by atoms with Crippen LogP contribution in [0.1, 0.15) is 90.9 Å². The number of esters is 1. The largest absolute Gasteiger partial charge is 0.489 e. The Bertz CT molecular complexity index is 2130. The molecule has 2 aromatic rings. The Kier molecular flexibility index (Phi) is 10.2. The van der Waals surface area contributed by atoms with Gasteiger partial charge in [-0.25, -0.2) is 13.4 Å². The number of hydrogen-bond acceptors (Lipinski definition) is 11. The van der Waals surface area contributed by atoms with Crippen molar-refractivity contribution in [2.75, 3.05) is 31.6 Å². The molecule has 1 saturated heterocycles. The van der Waals surface area contributed by atoms with E-state index in [9.17, 15) is 22.8 Å². The van der Waals surface area contributed by atoms with Gasteiger partial charge < -0.3 is 24.0 Å². The average molecular weight is 817 g/mol. The number of carbonyl (C=O) groups is 4. The minimum atomic E-state index is -3.85. The fourth-order valence-electron chi connectivity index (χ4n) is 10.5. The summed E-state index contributed by atoms with van der Waals surface area (Å²) in [6.45, 7) is 5.55. The van der Waals surface area contributed by atoms with Crippen molar-refractivity contribution in [2.45, 2.75) is 114 Å². The summed E-state index contributed by atoms with van der Waals surface area (Å²) in [5.41, 5.74) is -0.274. The van der Waals surface area contributed by atoms with Gasteiger partial charge in [-0.1, -0.05) is 26.0 Å². The second kappa shape index (κ2) is 15.1. The van der Waals surface area contributed by atoms with Crippen molar-refractivity contribution in [3.63, 3.8) is 0 Å². The molecule has 2 amide bonds. The van der Waals surface area contributed by atoms with E-state index in [1.165, 1.54) is 6.42 Å². The number of hydrogen-bond donors (Lipinski definition) is 1. The number of aromatic nitrogens is 1. The molecule has 9 rings (SSSR count). The summed E-state index contributed by atoms with van der Waals surface area (Å²) < 4.78 is 47.0. The number of nitrogens with zero attached hydrogens (tertiary/aromatic N) is 3. The lowest BCUT2D eigenvalue weighted by Crippen LogP contribution is -2.47. The Morgan fingerprint density at radius 1 is 1.00 bits per heavy atom. The fourth-order valence-corrected chi connectivity index (χ4v) is 11.8. The van der Waals surface area contributed by atoms with Crippen LogP contribution in [0.2, 0.25) is 0 Å². The summed E-state index contributed by atoms with van der Waals surface area (Å²) in [5, 5.41) is 0.995. The maximum atomic E-state index is 15.0. The van der Waals surface area contributed by atoms with E-state index in [1.54, 1.807) is 11.1 Å². The Labute approximate surface area is 340 Å². The van der Waals surface area contributed by atoms with Crippen LogP contribution in [0.15, 0.2) is 36.5 Å². The van der Waals surface area contributed by atoms with Gasteiger partial charge in [-0.3, -0.25) is 23.9 Å². The van der Waals surface area contributed by atoms with Crippen LogP contribution in [-0.4, -0.2) is 92.1 Å². The molecule has 3 aliphatic heterocycles. The third-order valence-corrected chi connectivity index (χ3v) is 16.1. The highest BCUT2D eigenvalue weighted by atomic mass is 32.2. The standard InChI is InChI=1S/C44H56N4O9S/c1-25-6-4-5-7-29-22-44(29,43(52)46-58(53,54)32-8-9-32)23-38(49)37-20-31(57-41-34-10-11-36-40(33(34)12-13-45-41)55-15-14-47(36)3)24-48(37)42(51)35(26(2)16-25)21-39(50)56-30-18-27-17-28(27)19-30/h5,7,10-13,25-32,35,37H,4,6,8-9,14-24H2,1-3H3,(H,46,52)/b7-5-/t25-,26+,27-,28+,29+,30?,31+,35-,37-,44+/m0/s1. The highest BCUT2D eigenvalue weighted by Crippen LogP contribution is 2.57. The van der Waals surface area contributed by atoms with Crippen LogP contribution in [0.25, 0.3) is 10.8 Å². The zero-order valence-electron chi connectivity index (χ0n) is 33.8. The maximum absolute atomic E-state index is 15.0. The van der Waals surface area contributed by atoms with Crippen LogP contribution in [-0.2, 0) is 33.9 Å². The number of pyridine rings is 1. The molecular formula is C44H56N4O9S. The number of ketones is 1. The van der Waals surface area contributed by atoms with Gasteiger partial charge in [-0.15, -0.1) is 0 Å². The highest BCUT2D eigenvalue weighted by Gasteiger charge is 2.62. The van der Waals surface area contributed by atoms with E-state index >= 15 is 4.79 Å². The monoisotopic (exact) mass is 816 g/mol. The summed E-state index contributed by atoms with van der Waals surface area (Å²) in [6.07, 6.45) is 11.4. The van der Waals surface area contributed by atoms with Gasteiger partial charge in [-0.05, 0) is 106 Å². The number of amides is 2. The minimum Gasteiger partial charge on any atom is -0.489 e. The third kappa shape index (κ3) is 7.70. The molecule has 13 nitrogen and oxygen atoms in total. The van der Waals surface area contributed by atoms with Crippen LogP contribution < -0.4 is 19.1 Å². The first-order valence-electron chi connectivity index (χ1n) is 21.5. The summed E-state index contributed by atoms with van der Waals surface area (Å²) in [7, 11) is -1.83. The van der Waals surface area contributed by atoms with Gasteiger partial charge in [0, 0.05) is 36.9 Å². The number of fused-ring (bicyclic) bond motifs is 6. The van der Waals surface area contributed by atoms with E-state index in [0.717, 1.165) is 54.4 Å². The third-order valence-electron chi connectivity index (χ3n) is 14.3. The molecule has 58 heavy (non-hydrogen) atoms. The number of sulfonamides is 1. The molecule has 4 aliphatic carbocycles. The second-order valence-electron chi connectivity index (χ2n) is 18.6. The zero-order valence-corrected chi connectivity index (χ0v) is 34.6. The molecule has 0 radical (unpaired) electrons. The van der Waals surface area contributed by atoms with Gasteiger partial charge in [-0.2, -0.15) is 0 Å². The van der Waals surface area contributed by atoms with Crippen LogP contribution >= 0.6 is 0 Å². The predicted octanol–water partition coefficient (Wildman–Crippen LogP) is 5.35. The lowest BCUT2D eigenvalue weighted by Gasteiger charge is -2.32. The number of carbonyl (C=O) groups excluding carboxylic acids is 4. The first-order chi connectivity index (χ1) is 27.8. The second-order valence-corrected chi connectivity index (χ2v) is 20.6. The molecule has 1 N–H and O–H groups in total. The number of benzene rings is 1. The van der Waals surface area contributed by atoms with Crippen molar-refractivity contribution in [2.24, 2.45) is 40.9 Å². The fraction of sp³-hybridized carbons (Fsp3) is 0.659. The topological polar surface area (TPSA) is 162 Å². The Morgan fingerprint density at radius 2 is 1.79 bits per heavy atom. The van der Waals surface area contributed by atoms with Crippen molar-refractivity contribution in [3.05, 3.63) is 36.5 Å². The van der Waals surface area contributed by atoms with Crippen molar-refractivity contribution in [3.8, 4) is 11.6 Å². The van der Waals surface area contributed by atoms with Gasteiger partial charge in [0.2, 0.25) is 27.7 Å². The maximum Gasteiger partial charge on any atom is 0.306 e. The van der Waals surface area contributed by atoms with Crippen LogP contribution in [0.3, 0.4) is 0 Å². The number of allylic oxidation sites excluding steroid dienone is 2. The van der Waals surface area contributed by atoms with Crippen molar-refractivity contribution in [1.82, 2.24) is 14.6 Å². The molecule has 10 atom stereocenters. The van der Waals surface area contributed by atoms with Crippen LogP contribution in [0, 0.1) is 40.9 Å². The summed E-state index contributed by atoms with van der Waals surface area (Å²) in [4.78, 5) is 65.6. The molecule has 4 saturated carbocycles. The van der Waals surface area contributed by atoms with Crippen LogP contribution in [0.5, 0.6) is 11.6 Å². The first kappa shape index (κ1) is 39.3. The van der Waals surface area contributed by atoms with E-state index in [0.29, 0.717) is 50.0 Å². The molecule has 312 valence electrons. The van der Waals surface area contributed by atoms with Gasteiger partial charge >= 0.3 is 5.97 Å². The van der Waals surface area contributed by atoms with E-state index in [-0.39, 0.29) is 67.3 Å². The quantitative estimate of drug-likeness (QED) is 0.270. The van der Waals surface area contributed by atoms with Crippen LogP contribution in [0.4, 0.5) is 5.69 Å². The molecule has 5 fully saturated rings. The first-order valence-corrected chi connectivity index (χ1v) is 23.0. The van der Waals surface area contributed by atoms with Crippen molar-refractivity contribution < 1.29 is 41.8 Å². The zero-order chi connectivity index (χ0) is 40.5. The molecule has 1 aromatic heterocycles. The summed E-state index contributed by atoms with van der Waals surface area (Å²) in [6, 6.07) is 4.86. The predicted molar refractivity (Wildman–Crippen MR) is 215 cm³/mol. The van der Waals surface area contributed by atoms with E-state index in [1.807, 2.05) is 44.3 Å². The molecule has 1 aromatic carbocycles. The van der Waals surface area contributed by atoms with Crippen molar-refractivity contribution >= 4 is 50.1 Å². The number of nitrogens with one attached hydrogen (secondary N) is 1. The molecule has 7 aliphatic rings. The van der Waals surface area contributed by atoms with Crippen molar-refractivity contribution in [1.29, 1.82) is 0 Å². The molecule has 0 spiro atoms. The van der Waals surface area contributed by atoms with E-state index in [2.05, 4.69) is 21.5 Å². The summed E-state index contributed by atoms with van der Waals surface area (Å²) >= 11 is 0. The molecule has 14 heteroatoms. The Balaban J connectivity index is 1.02. The average Bonchev–Trinajstić information content (AvgIpc) is 4.15. The SMILES string of the molecule is C[C@H]1CC/C=C\[C@@H]2C[C@@]2(C(=O)NS(=O)(=O)C2CC2)CC(=O)[C@@H]2C[C@@H](Oc3nccc4c5c(ccc34)N(C)CCO5)CN2C(=O)[C@@H](CC(=O)OC2C[C@@H]3C[C@@H]3C2)[C@H](C)C1. The van der Waals surface area contributed by atoms with Gasteiger partial charge in [0.15, 0.2) is 11.5 Å². The molecule has 1 unspecified atom stereocenters. The normalized spacial score (nSPS) is 35.3. The number of anilines is 1.